The first-order valence-electron chi connectivity index (χ1n) is 6.15. The van der Waals surface area contributed by atoms with Crippen LogP contribution in [0.4, 0.5) is 0 Å². The van der Waals surface area contributed by atoms with Gasteiger partial charge in [-0.1, -0.05) is 0 Å². The smallest absolute Gasteiger partial charge is 0.220 e. The Labute approximate surface area is 109 Å². The molecule has 0 aromatic heterocycles. The average Bonchev–Trinajstić information content (AvgIpc) is 2.38. The van der Waals surface area contributed by atoms with Crippen molar-refractivity contribution in [2.75, 3.05) is 33.0 Å². The second-order valence-corrected chi connectivity index (χ2v) is 6.72. The number of nitrogens with zero attached hydrogens (tertiary/aromatic N) is 1. The van der Waals surface area contributed by atoms with Gasteiger partial charge in [0.2, 0.25) is 15.9 Å². The largest absolute Gasteiger partial charge is 0.381 e. The highest BCUT2D eigenvalue weighted by Crippen LogP contribution is 2.24. The summed E-state index contributed by atoms with van der Waals surface area (Å²) in [6.45, 7) is 2.46. The van der Waals surface area contributed by atoms with Crippen LogP contribution >= 0.6 is 0 Å². The molecule has 106 valence electrons. The lowest BCUT2D eigenvalue weighted by molar-refractivity contribution is -0.123. The van der Waals surface area contributed by atoms with Gasteiger partial charge < -0.3 is 10.1 Å². The standard InChI is InChI=1S/C11H22N2O4S/c1-4-18(15,16)13-6-5-10(17-3)9(8-13)7-11(14)12-2/h9-10H,4-8H2,1-3H3,(H,12,14)/t9-,10-/m1/s1. The molecule has 0 radical (unpaired) electrons. The summed E-state index contributed by atoms with van der Waals surface area (Å²) in [6, 6.07) is 0. The van der Waals surface area contributed by atoms with Gasteiger partial charge in [0.05, 0.1) is 11.9 Å². The Balaban J connectivity index is 2.75. The van der Waals surface area contributed by atoms with Crippen molar-refractivity contribution in [3.63, 3.8) is 0 Å². The fourth-order valence-corrected chi connectivity index (χ4v) is 3.43. The van der Waals surface area contributed by atoms with Crippen molar-refractivity contribution >= 4 is 15.9 Å². The van der Waals surface area contributed by atoms with Gasteiger partial charge in [0.15, 0.2) is 0 Å². The summed E-state index contributed by atoms with van der Waals surface area (Å²) in [7, 11) is -0.00267. The number of nitrogens with one attached hydrogen (secondary N) is 1. The Morgan fingerprint density at radius 1 is 1.50 bits per heavy atom. The number of methoxy groups -OCH3 is 1. The molecule has 0 aliphatic carbocycles. The summed E-state index contributed by atoms with van der Waals surface area (Å²) < 4.78 is 30.5. The van der Waals surface area contributed by atoms with Crippen LogP contribution in [0.2, 0.25) is 0 Å². The fraction of sp³-hybridized carbons (Fsp3) is 0.909. The van der Waals surface area contributed by atoms with Crippen molar-refractivity contribution in [2.45, 2.75) is 25.9 Å². The maximum absolute atomic E-state index is 11.8. The van der Waals surface area contributed by atoms with Gasteiger partial charge in [0.1, 0.15) is 0 Å². The lowest BCUT2D eigenvalue weighted by Gasteiger charge is -2.36. The maximum Gasteiger partial charge on any atom is 0.220 e. The third-order valence-electron chi connectivity index (χ3n) is 3.41. The molecule has 18 heavy (non-hydrogen) atoms. The van der Waals surface area contributed by atoms with Crippen molar-refractivity contribution in [3.05, 3.63) is 0 Å². The Bertz CT molecular complexity index is 383. The number of hydrogen-bond donors (Lipinski definition) is 1. The van der Waals surface area contributed by atoms with E-state index in [0.717, 1.165) is 0 Å². The molecule has 0 aromatic carbocycles. The van der Waals surface area contributed by atoms with E-state index in [-0.39, 0.29) is 23.7 Å². The predicted octanol–water partition coefficient (Wildman–Crippen LogP) is -0.191. The highest BCUT2D eigenvalue weighted by molar-refractivity contribution is 7.89. The van der Waals surface area contributed by atoms with Gasteiger partial charge in [-0.15, -0.1) is 0 Å². The first-order valence-corrected chi connectivity index (χ1v) is 7.76. The summed E-state index contributed by atoms with van der Waals surface area (Å²) in [5, 5.41) is 2.56. The van der Waals surface area contributed by atoms with Crippen LogP contribution in [0.3, 0.4) is 0 Å². The van der Waals surface area contributed by atoms with E-state index in [4.69, 9.17) is 4.74 Å². The molecular formula is C11H22N2O4S. The molecule has 2 atom stereocenters. The first-order chi connectivity index (χ1) is 8.44. The van der Waals surface area contributed by atoms with Crippen molar-refractivity contribution in [1.29, 1.82) is 0 Å². The lowest BCUT2D eigenvalue weighted by Crippen LogP contribution is -2.48. The zero-order chi connectivity index (χ0) is 13.8. The second-order valence-electron chi connectivity index (χ2n) is 4.46. The van der Waals surface area contributed by atoms with Crippen molar-refractivity contribution in [2.24, 2.45) is 5.92 Å². The van der Waals surface area contributed by atoms with Crippen LogP contribution in [0.15, 0.2) is 0 Å². The van der Waals surface area contributed by atoms with E-state index >= 15 is 0 Å². The van der Waals surface area contributed by atoms with E-state index in [2.05, 4.69) is 5.32 Å². The summed E-state index contributed by atoms with van der Waals surface area (Å²) in [5.74, 6) is -0.0695. The molecule has 1 aliphatic heterocycles. The molecule has 0 bridgehead atoms. The van der Waals surface area contributed by atoms with E-state index in [9.17, 15) is 13.2 Å². The van der Waals surface area contributed by atoms with E-state index in [1.807, 2.05) is 0 Å². The Kier molecular flexibility index (Phi) is 5.55. The predicted molar refractivity (Wildman–Crippen MR) is 68.6 cm³/mol. The van der Waals surface area contributed by atoms with Gasteiger partial charge in [-0.25, -0.2) is 12.7 Å². The number of ether oxygens (including phenoxy) is 1. The average molecular weight is 278 g/mol. The Morgan fingerprint density at radius 2 is 2.17 bits per heavy atom. The molecular weight excluding hydrogens is 256 g/mol. The fourth-order valence-electron chi connectivity index (χ4n) is 2.26. The summed E-state index contributed by atoms with van der Waals surface area (Å²) >= 11 is 0. The SMILES string of the molecule is CCS(=O)(=O)N1CC[C@@H](OC)[C@H](CC(=O)NC)C1. The topological polar surface area (TPSA) is 75.7 Å². The molecule has 1 N–H and O–H groups in total. The molecule has 1 fully saturated rings. The number of carbonyl (C=O) groups excluding carboxylic acids is 1. The number of rotatable bonds is 5. The van der Waals surface area contributed by atoms with E-state index < -0.39 is 10.0 Å². The van der Waals surface area contributed by atoms with Gasteiger partial charge in [-0.2, -0.15) is 0 Å². The first kappa shape index (κ1) is 15.4. The van der Waals surface area contributed by atoms with Crippen LogP contribution < -0.4 is 5.32 Å². The maximum atomic E-state index is 11.8. The molecule has 0 unspecified atom stereocenters. The van der Waals surface area contributed by atoms with E-state index in [0.29, 0.717) is 25.9 Å². The monoisotopic (exact) mass is 278 g/mol. The molecule has 1 saturated heterocycles. The molecule has 7 heteroatoms. The minimum absolute atomic E-state index is 0.0504. The number of piperidine rings is 1. The molecule has 1 rings (SSSR count). The molecule has 1 amide bonds. The zero-order valence-corrected chi connectivity index (χ0v) is 12.0. The minimum atomic E-state index is -3.18. The van der Waals surface area contributed by atoms with Crippen molar-refractivity contribution in [3.8, 4) is 0 Å². The van der Waals surface area contributed by atoms with Gasteiger partial charge in [-0.3, -0.25) is 4.79 Å². The van der Waals surface area contributed by atoms with Crippen molar-refractivity contribution < 1.29 is 17.9 Å². The van der Waals surface area contributed by atoms with E-state index in [1.54, 1.807) is 21.1 Å². The molecule has 6 nitrogen and oxygen atoms in total. The van der Waals surface area contributed by atoms with E-state index in [1.165, 1.54) is 4.31 Å². The molecule has 0 saturated carbocycles. The molecule has 0 spiro atoms. The third kappa shape index (κ3) is 3.66. The molecule has 1 aliphatic rings. The zero-order valence-electron chi connectivity index (χ0n) is 11.2. The minimum Gasteiger partial charge on any atom is -0.381 e. The molecule has 1 heterocycles. The normalized spacial score (nSPS) is 25.9. The van der Waals surface area contributed by atoms with Crippen LogP contribution in [-0.2, 0) is 19.6 Å². The van der Waals surface area contributed by atoms with Crippen LogP contribution in [0.25, 0.3) is 0 Å². The Hall–Kier alpha value is -0.660. The number of carbonyl (C=O) groups is 1. The quantitative estimate of drug-likeness (QED) is 0.756. The van der Waals surface area contributed by atoms with Gasteiger partial charge in [0.25, 0.3) is 0 Å². The van der Waals surface area contributed by atoms with Crippen LogP contribution in [0.5, 0.6) is 0 Å². The van der Waals surface area contributed by atoms with Crippen LogP contribution in [0.1, 0.15) is 19.8 Å². The van der Waals surface area contributed by atoms with Crippen LogP contribution in [0, 0.1) is 5.92 Å². The highest BCUT2D eigenvalue weighted by atomic mass is 32.2. The summed E-state index contributed by atoms with van der Waals surface area (Å²) in [4.78, 5) is 11.4. The van der Waals surface area contributed by atoms with Crippen LogP contribution in [-0.4, -0.2) is 57.7 Å². The molecule has 0 aromatic rings. The lowest BCUT2D eigenvalue weighted by atomic mass is 9.92. The Morgan fingerprint density at radius 3 is 2.67 bits per heavy atom. The number of hydrogen-bond acceptors (Lipinski definition) is 4. The summed E-state index contributed by atoms with van der Waals surface area (Å²) in [5.41, 5.74) is 0. The second kappa shape index (κ2) is 6.49. The number of sulfonamides is 1. The number of amides is 1. The van der Waals surface area contributed by atoms with Gasteiger partial charge >= 0.3 is 0 Å². The highest BCUT2D eigenvalue weighted by Gasteiger charge is 2.35. The van der Waals surface area contributed by atoms with Gasteiger partial charge in [0, 0.05) is 39.6 Å². The third-order valence-corrected chi connectivity index (χ3v) is 5.26. The van der Waals surface area contributed by atoms with Crippen molar-refractivity contribution in [1.82, 2.24) is 9.62 Å². The summed E-state index contributed by atoms with van der Waals surface area (Å²) in [6.07, 6.45) is 0.882. The van der Waals surface area contributed by atoms with Gasteiger partial charge in [-0.05, 0) is 13.3 Å².